The molecule has 1 aromatic rings. The lowest BCUT2D eigenvalue weighted by Crippen LogP contribution is -2.27. The predicted molar refractivity (Wildman–Crippen MR) is 91.1 cm³/mol. The van der Waals surface area contributed by atoms with E-state index in [1.54, 1.807) is 0 Å². The van der Waals surface area contributed by atoms with Gasteiger partial charge in [-0.15, -0.1) is 0 Å². The van der Waals surface area contributed by atoms with Crippen LogP contribution in [0.2, 0.25) is 0 Å². The molecule has 0 unspecified atom stereocenters. The van der Waals surface area contributed by atoms with Gasteiger partial charge < -0.3 is 10.2 Å². The molecule has 1 N–H and O–H groups in total. The van der Waals surface area contributed by atoms with Crippen LogP contribution in [0.15, 0.2) is 18.3 Å². The van der Waals surface area contributed by atoms with E-state index in [0.29, 0.717) is 12.5 Å². The molecule has 23 heavy (non-hydrogen) atoms. The number of fused-ring (bicyclic) bond motifs is 2. The van der Waals surface area contributed by atoms with Crippen molar-refractivity contribution in [3.63, 3.8) is 0 Å². The summed E-state index contributed by atoms with van der Waals surface area (Å²) in [7, 11) is 0. The van der Waals surface area contributed by atoms with E-state index < -0.39 is 0 Å². The molecule has 1 saturated heterocycles. The van der Waals surface area contributed by atoms with Crippen LogP contribution in [0, 0.1) is 17.8 Å². The number of aromatic nitrogens is 1. The molecule has 4 rings (SSSR count). The number of pyridine rings is 1. The number of rotatable bonds is 5. The van der Waals surface area contributed by atoms with Gasteiger partial charge in [0.15, 0.2) is 0 Å². The number of carbonyl (C=O) groups excluding carboxylic acids is 1. The van der Waals surface area contributed by atoms with E-state index in [1.165, 1.54) is 38.5 Å². The lowest BCUT2D eigenvalue weighted by atomic mass is 9.86. The van der Waals surface area contributed by atoms with Crippen molar-refractivity contribution in [1.82, 2.24) is 10.3 Å². The minimum absolute atomic E-state index is 0.214. The van der Waals surface area contributed by atoms with Crippen molar-refractivity contribution >= 4 is 11.7 Å². The van der Waals surface area contributed by atoms with E-state index >= 15 is 0 Å². The van der Waals surface area contributed by atoms with Gasteiger partial charge in [-0.25, -0.2) is 4.98 Å². The van der Waals surface area contributed by atoms with Crippen molar-refractivity contribution in [2.45, 2.75) is 51.5 Å². The van der Waals surface area contributed by atoms with E-state index in [-0.39, 0.29) is 5.91 Å². The Morgan fingerprint density at radius 2 is 2.09 bits per heavy atom. The second-order valence-corrected chi connectivity index (χ2v) is 7.63. The van der Waals surface area contributed by atoms with E-state index in [4.69, 9.17) is 0 Å². The Bertz CT molecular complexity index is 550. The largest absolute Gasteiger partial charge is 0.357 e. The van der Waals surface area contributed by atoms with E-state index in [0.717, 1.165) is 42.7 Å². The molecule has 4 nitrogen and oxygen atoms in total. The topological polar surface area (TPSA) is 45.2 Å². The van der Waals surface area contributed by atoms with Crippen molar-refractivity contribution < 1.29 is 4.79 Å². The minimum Gasteiger partial charge on any atom is -0.357 e. The van der Waals surface area contributed by atoms with Crippen LogP contribution in [0.5, 0.6) is 0 Å². The summed E-state index contributed by atoms with van der Waals surface area (Å²) >= 11 is 0. The Balaban J connectivity index is 1.24. The number of amides is 1. The molecule has 0 spiro atoms. The van der Waals surface area contributed by atoms with Crippen LogP contribution < -0.4 is 10.2 Å². The first-order chi connectivity index (χ1) is 11.3. The third-order valence-electron chi connectivity index (χ3n) is 6.06. The summed E-state index contributed by atoms with van der Waals surface area (Å²) in [5.74, 6) is 3.67. The number of hydrogen-bond acceptors (Lipinski definition) is 3. The van der Waals surface area contributed by atoms with Crippen LogP contribution in [0.1, 0.15) is 50.5 Å². The number of nitrogens with one attached hydrogen (secondary N) is 1. The second-order valence-electron chi connectivity index (χ2n) is 7.63. The lowest BCUT2D eigenvalue weighted by Gasteiger charge is -2.21. The van der Waals surface area contributed by atoms with Gasteiger partial charge >= 0.3 is 0 Å². The van der Waals surface area contributed by atoms with Crippen molar-refractivity contribution in [1.29, 1.82) is 0 Å². The first-order valence-corrected chi connectivity index (χ1v) is 9.24. The highest BCUT2D eigenvalue weighted by molar-refractivity contribution is 5.76. The third-order valence-corrected chi connectivity index (χ3v) is 6.06. The molecule has 2 aliphatic carbocycles. The molecule has 2 heterocycles. The summed E-state index contributed by atoms with van der Waals surface area (Å²) < 4.78 is 0. The molecule has 2 saturated carbocycles. The van der Waals surface area contributed by atoms with Gasteiger partial charge in [0.25, 0.3) is 0 Å². The second kappa shape index (κ2) is 6.50. The van der Waals surface area contributed by atoms with Gasteiger partial charge in [-0.3, -0.25) is 4.79 Å². The Morgan fingerprint density at radius 1 is 1.22 bits per heavy atom. The monoisotopic (exact) mass is 313 g/mol. The van der Waals surface area contributed by atoms with Crippen LogP contribution in [-0.4, -0.2) is 24.0 Å². The van der Waals surface area contributed by atoms with Crippen LogP contribution >= 0.6 is 0 Å². The average Bonchev–Trinajstić information content (AvgIpc) is 3.31. The normalized spacial score (nSPS) is 29.2. The Hall–Kier alpha value is -1.58. The zero-order valence-corrected chi connectivity index (χ0v) is 13.8. The summed E-state index contributed by atoms with van der Waals surface area (Å²) in [6.07, 6.45) is 10.6. The van der Waals surface area contributed by atoms with E-state index in [2.05, 4.69) is 27.3 Å². The zero-order valence-electron chi connectivity index (χ0n) is 13.8. The highest BCUT2D eigenvalue weighted by Crippen LogP contribution is 2.49. The van der Waals surface area contributed by atoms with Gasteiger partial charge in [0.05, 0.1) is 0 Å². The van der Waals surface area contributed by atoms with Gasteiger partial charge in [0.1, 0.15) is 5.82 Å². The summed E-state index contributed by atoms with van der Waals surface area (Å²) in [5.41, 5.74) is 1.09. The molecule has 3 fully saturated rings. The average molecular weight is 313 g/mol. The van der Waals surface area contributed by atoms with Crippen LogP contribution in [0.4, 0.5) is 5.82 Å². The molecule has 1 aliphatic heterocycles. The van der Waals surface area contributed by atoms with Gasteiger partial charge in [0, 0.05) is 32.3 Å². The fraction of sp³-hybridized carbons (Fsp3) is 0.684. The molecule has 0 radical (unpaired) electrons. The number of carbonyl (C=O) groups is 1. The quantitative estimate of drug-likeness (QED) is 0.908. The molecule has 4 heteroatoms. The van der Waals surface area contributed by atoms with Crippen LogP contribution in [0.3, 0.4) is 0 Å². The Kier molecular flexibility index (Phi) is 4.23. The molecule has 2 bridgehead atoms. The summed E-state index contributed by atoms with van der Waals surface area (Å²) in [6, 6.07) is 4.18. The minimum atomic E-state index is 0.214. The molecule has 1 aromatic heterocycles. The highest BCUT2D eigenvalue weighted by atomic mass is 16.1. The first kappa shape index (κ1) is 15.0. The zero-order chi connectivity index (χ0) is 15.6. The number of hydrogen-bond donors (Lipinski definition) is 1. The maximum absolute atomic E-state index is 12.2. The highest BCUT2D eigenvalue weighted by Gasteiger charge is 2.39. The van der Waals surface area contributed by atoms with Crippen molar-refractivity contribution in [3.05, 3.63) is 23.9 Å². The molecular weight excluding hydrogens is 286 g/mol. The smallest absolute Gasteiger partial charge is 0.220 e. The maximum Gasteiger partial charge on any atom is 0.220 e. The van der Waals surface area contributed by atoms with Crippen molar-refractivity contribution in [2.75, 3.05) is 18.0 Å². The van der Waals surface area contributed by atoms with Crippen LogP contribution in [0.25, 0.3) is 0 Å². The fourth-order valence-corrected chi connectivity index (χ4v) is 4.79. The van der Waals surface area contributed by atoms with Gasteiger partial charge in [0.2, 0.25) is 5.91 Å². The van der Waals surface area contributed by atoms with E-state index in [1.807, 2.05) is 6.20 Å². The Labute approximate surface area is 138 Å². The van der Waals surface area contributed by atoms with Gasteiger partial charge in [-0.05, 0) is 61.5 Å². The number of anilines is 1. The lowest BCUT2D eigenvalue weighted by molar-refractivity contribution is -0.122. The maximum atomic E-state index is 12.2. The molecule has 3 atom stereocenters. The summed E-state index contributed by atoms with van der Waals surface area (Å²) in [4.78, 5) is 19.1. The molecule has 124 valence electrons. The van der Waals surface area contributed by atoms with Gasteiger partial charge in [-0.1, -0.05) is 12.5 Å². The fourth-order valence-electron chi connectivity index (χ4n) is 4.79. The van der Waals surface area contributed by atoms with E-state index in [9.17, 15) is 4.79 Å². The SMILES string of the molecule is O=C(C[C@H]1C[C@H]2CC[C@H]1C2)NCc1ccc(N2CCCC2)nc1. The van der Waals surface area contributed by atoms with Crippen LogP contribution in [-0.2, 0) is 11.3 Å². The van der Waals surface area contributed by atoms with Crippen molar-refractivity contribution in [3.8, 4) is 0 Å². The first-order valence-electron chi connectivity index (χ1n) is 9.24. The van der Waals surface area contributed by atoms with Gasteiger partial charge in [-0.2, -0.15) is 0 Å². The molecular formula is C19H27N3O. The number of nitrogens with zero attached hydrogens (tertiary/aromatic N) is 2. The summed E-state index contributed by atoms with van der Waals surface area (Å²) in [6.45, 7) is 2.84. The Morgan fingerprint density at radius 3 is 2.74 bits per heavy atom. The molecule has 1 amide bonds. The molecule has 3 aliphatic rings. The standard InChI is InChI=1S/C19H27N3O/c23-19(11-17-10-14-3-5-16(17)9-14)21-13-15-4-6-18(20-12-15)22-7-1-2-8-22/h4,6,12,14,16-17H,1-3,5,7-11,13H2,(H,21,23)/t14-,16-,17+/m0/s1. The predicted octanol–water partition coefficient (Wildman–Crippen LogP) is 3.12. The molecule has 0 aromatic carbocycles. The summed E-state index contributed by atoms with van der Waals surface area (Å²) in [5, 5.41) is 3.08. The third kappa shape index (κ3) is 3.36. The van der Waals surface area contributed by atoms with Crippen molar-refractivity contribution in [2.24, 2.45) is 17.8 Å².